The molecule has 11 heteroatoms. The number of nitrogens with one attached hydrogen (secondary N) is 2. The molecule has 2 N–H and O–H groups in total. The van der Waals surface area contributed by atoms with Crippen molar-refractivity contribution in [3.8, 4) is 11.5 Å². The third-order valence-corrected chi connectivity index (χ3v) is 4.67. The fourth-order valence-corrected chi connectivity index (χ4v) is 3.25. The van der Waals surface area contributed by atoms with E-state index < -0.39 is 11.9 Å². The number of rotatable bonds is 9. The van der Waals surface area contributed by atoms with Gasteiger partial charge >= 0.3 is 6.18 Å². The van der Waals surface area contributed by atoms with E-state index in [1.54, 1.807) is 7.11 Å². The lowest BCUT2D eigenvalue weighted by Gasteiger charge is -2.12. The molecule has 1 heterocycles. The Morgan fingerprint density at radius 2 is 1.97 bits per heavy atom. The molecular weight excluding hydrogens is 532 g/mol. The van der Waals surface area contributed by atoms with Crippen molar-refractivity contribution in [1.29, 1.82) is 0 Å². The minimum Gasteiger partial charge on any atom is -0.493 e. The lowest BCUT2D eigenvalue weighted by molar-refractivity contribution is -0.140. The lowest BCUT2D eigenvalue weighted by Crippen LogP contribution is -2.38. The minimum atomic E-state index is -4.41. The number of halogens is 4. The van der Waals surface area contributed by atoms with Crippen molar-refractivity contribution in [3.05, 3.63) is 39.8 Å². The van der Waals surface area contributed by atoms with Gasteiger partial charge in [0.2, 0.25) is 0 Å². The monoisotopic (exact) mass is 558 g/mol. The average molecular weight is 558 g/mol. The van der Waals surface area contributed by atoms with Gasteiger partial charge in [0.05, 0.1) is 25.3 Å². The van der Waals surface area contributed by atoms with Crippen molar-refractivity contribution in [3.63, 3.8) is 0 Å². The molecule has 168 valence electrons. The Labute approximate surface area is 195 Å². The van der Waals surface area contributed by atoms with Crippen LogP contribution < -0.4 is 20.1 Å². The van der Waals surface area contributed by atoms with Gasteiger partial charge < -0.3 is 20.1 Å². The number of alkyl halides is 3. The van der Waals surface area contributed by atoms with E-state index in [-0.39, 0.29) is 24.0 Å². The van der Waals surface area contributed by atoms with Crippen LogP contribution in [0.2, 0.25) is 0 Å². The highest BCUT2D eigenvalue weighted by atomic mass is 127. The number of hydrogen-bond donors (Lipinski definition) is 2. The normalized spacial score (nSPS) is 11.6. The molecule has 2 aromatic rings. The van der Waals surface area contributed by atoms with Crippen LogP contribution in [0.3, 0.4) is 0 Å². The van der Waals surface area contributed by atoms with Crippen LogP contribution in [0.4, 0.5) is 13.2 Å². The molecule has 0 saturated carbocycles. The van der Waals surface area contributed by atoms with Crippen LogP contribution in [0.25, 0.3) is 0 Å². The van der Waals surface area contributed by atoms with Gasteiger partial charge in [-0.05, 0) is 31.5 Å². The van der Waals surface area contributed by atoms with Gasteiger partial charge in [-0.25, -0.2) is 9.98 Å². The molecule has 1 aromatic carbocycles. The first kappa shape index (κ1) is 26.3. The maximum atomic E-state index is 12.6. The fraction of sp³-hybridized carbons (Fsp3) is 0.474. The molecule has 0 atom stereocenters. The second-order valence-corrected chi connectivity index (χ2v) is 6.86. The minimum absolute atomic E-state index is 0. The van der Waals surface area contributed by atoms with Crippen LogP contribution in [0.15, 0.2) is 28.6 Å². The summed E-state index contributed by atoms with van der Waals surface area (Å²) in [6.45, 7) is 5.86. The Morgan fingerprint density at radius 3 is 2.57 bits per heavy atom. The first-order valence-electron chi connectivity index (χ1n) is 9.20. The Bertz CT molecular complexity index is 815. The molecule has 1 aromatic heterocycles. The highest BCUT2D eigenvalue weighted by molar-refractivity contribution is 14.0. The van der Waals surface area contributed by atoms with Gasteiger partial charge in [-0.2, -0.15) is 13.2 Å². The van der Waals surface area contributed by atoms with Gasteiger partial charge in [0.25, 0.3) is 0 Å². The zero-order chi connectivity index (χ0) is 21.3. The quantitative estimate of drug-likeness (QED) is 0.270. The second-order valence-electron chi connectivity index (χ2n) is 5.91. The van der Waals surface area contributed by atoms with E-state index in [1.165, 1.54) is 0 Å². The van der Waals surface area contributed by atoms with E-state index in [1.807, 2.05) is 32.0 Å². The molecule has 0 aliphatic carbocycles. The molecule has 0 radical (unpaired) electrons. The van der Waals surface area contributed by atoms with Crippen molar-refractivity contribution in [1.82, 2.24) is 15.6 Å². The molecule has 6 nitrogen and oxygen atoms in total. The lowest BCUT2D eigenvalue weighted by atomic mass is 10.2. The van der Waals surface area contributed by atoms with Gasteiger partial charge in [0.1, 0.15) is 0 Å². The maximum absolute atomic E-state index is 12.6. The number of ether oxygens (including phenoxy) is 2. The summed E-state index contributed by atoms with van der Waals surface area (Å²) in [6, 6.07) is 5.61. The van der Waals surface area contributed by atoms with E-state index >= 15 is 0 Å². The van der Waals surface area contributed by atoms with Crippen LogP contribution in [-0.2, 0) is 19.1 Å². The number of thiazole rings is 1. The number of hydrogen-bond acceptors (Lipinski definition) is 5. The van der Waals surface area contributed by atoms with E-state index in [4.69, 9.17) is 9.47 Å². The van der Waals surface area contributed by atoms with E-state index in [9.17, 15) is 13.2 Å². The van der Waals surface area contributed by atoms with E-state index in [0.29, 0.717) is 55.1 Å². The number of methoxy groups -OCH3 is 1. The van der Waals surface area contributed by atoms with Crippen LogP contribution >= 0.6 is 35.3 Å². The van der Waals surface area contributed by atoms with Crippen molar-refractivity contribution in [2.75, 3.05) is 26.8 Å². The summed E-state index contributed by atoms with van der Waals surface area (Å²) in [6.07, 6.45) is -4.03. The highest BCUT2D eigenvalue weighted by Crippen LogP contribution is 2.30. The zero-order valence-electron chi connectivity index (χ0n) is 17.0. The van der Waals surface area contributed by atoms with Crippen LogP contribution in [-0.4, -0.2) is 37.7 Å². The topological polar surface area (TPSA) is 67.8 Å². The summed E-state index contributed by atoms with van der Waals surface area (Å²) < 4.78 is 48.7. The predicted molar refractivity (Wildman–Crippen MR) is 123 cm³/mol. The molecule has 0 unspecified atom stereocenters. The molecular formula is C19H26F3IN4O2S. The number of nitrogens with zero attached hydrogens (tertiary/aromatic N) is 2. The van der Waals surface area contributed by atoms with Crippen molar-refractivity contribution >= 4 is 41.3 Å². The summed E-state index contributed by atoms with van der Waals surface area (Å²) in [5, 5.41) is 7.70. The third-order valence-electron chi connectivity index (χ3n) is 3.77. The largest absolute Gasteiger partial charge is 0.493 e. The molecule has 0 aliphatic heterocycles. The van der Waals surface area contributed by atoms with Crippen LogP contribution in [0, 0.1) is 0 Å². The van der Waals surface area contributed by atoms with Crippen molar-refractivity contribution in [2.24, 2.45) is 4.99 Å². The molecule has 0 spiro atoms. The van der Waals surface area contributed by atoms with Gasteiger partial charge in [-0.15, -0.1) is 35.3 Å². The predicted octanol–water partition coefficient (Wildman–Crippen LogP) is 4.49. The number of guanidine groups is 1. The van der Waals surface area contributed by atoms with Crippen molar-refractivity contribution < 1.29 is 22.6 Å². The summed E-state index contributed by atoms with van der Waals surface area (Å²) in [5.41, 5.74) is 0.101. The van der Waals surface area contributed by atoms with Crippen molar-refractivity contribution in [2.45, 2.75) is 33.0 Å². The number of aliphatic imine (C=N–C) groups is 1. The van der Waals surface area contributed by atoms with Gasteiger partial charge in [0.15, 0.2) is 23.2 Å². The molecule has 0 amide bonds. The number of aromatic nitrogens is 1. The summed E-state index contributed by atoms with van der Waals surface area (Å²) >= 11 is 1.00. The van der Waals surface area contributed by atoms with Gasteiger partial charge in [0, 0.05) is 24.9 Å². The van der Waals surface area contributed by atoms with Crippen LogP contribution in [0.1, 0.15) is 30.1 Å². The SMILES string of the molecule is CCNC(=NCc1ccc(OC)c(OCC)c1)NCCc1nc(C(F)(F)F)cs1.I. The fourth-order valence-electron chi connectivity index (χ4n) is 2.44. The Kier molecular flexibility index (Phi) is 11.2. The maximum Gasteiger partial charge on any atom is 0.434 e. The molecule has 2 rings (SSSR count). The molecule has 0 saturated heterocycles. The van der Waals surface area contributed by atoms with Gasteiger partial charge in [-0.3, -0.25) is 0 Å². The standard InChI is InChI=1S/C19H25F3N4O2S.HI/c1-4-23-18(24-9-8-17-26-16(12-29-17)19(20,21)22)25-11-13-6-7-14(27-3)15(10-13)28-5-2;/h6-7,10,12H,4-5,8-9,11H2,1-3H3,(H2,23,24,25);1H. The summed E-state index contributed by atoms with van der Waals surface area (Å²) in [5.74, 6) is 1.89. The third kappa shape index (κ3) is 8.17. The molecule has 0 fully saturated rings. The van der Waals surface area contributed by atoms with Gasteiger partial charge in [-0.1, -0.05) is 6.07 Å². The molecule has 30 heavy (non-hydrogen) atoms. The first-order valence-corrected chi connectivity index (χ1v) is 10.1. The van der Waals surface area contributed by atoms with E-state index in [2.05, 4.69) is 20.6 Å². The average Bonchev–Trinajstić information content (AvgIpc) is 3.16. The van der Waals surface area contributed by atoms with Crippen LogP contribution in [0.5, 0.6) is 11.5 Å². The second kappa shape index (κ2) is 12.8. The number of benzene rings is 1. The first-order chi connectivity index (χ1) is 13.9. The highest BCUT2D eigenvalue weighted by Gasteiger charge is 2.33. The summed E-state index contributed by atoms with van der Waals surface area (Å²) in [4.78, 5) is 8.15. The smallest absolute Gasteiger partial charge is 0.434 e. The molecule has 0 aliphatic rings. The Balaban J connectivity index is 0.00000450. The Hall–Kier alpha value is -1.76. The zero-order valence-corrected chi connectivity index (χ0v) is 20.2. The van der Waals surface area contributed by atoms with E-state index in [0.717, 1.165) is 22.3 Å². The summed E-state index contributed by atoms with van der Waals surface area (Å²) in [7, 11) is 1.59. The molecule has 0 bridgehead atoms. The Morgan fingerprint density at radius 1 is 1.20 bits per heavy atom.